The van der Waals surface area contributed by atoms with Crippen molar-refractivity contribution in [3.05, 3.63) is 9.54 Å². The third-order valence-corrected chi connectivity index (χ3v) is 5.47. The van der Waals surface area contributed by atoms with Crippen LogP contribution >= 0.6 is 24.4 Å². The van der Waals surface area contributed by atoms with Gasteiger partial charge in [-0.25, -0.2) is 0 Å². The van der Waals surface area contributed by atoms with Gasteiger partial charge in [-0.1, -0.05) is 0 Å². The fourth-order valence-electron chi connectivity index (χ4n) is 1.66. The van der Waals surface area contributed by atoms with Gasteiger partial charge in [0.25, 0.3) is 0 Å². The molecule has 9 heteroatoms. The molecule has 1 radical (unpaired) electrons. The zero-order chi connectivity index (χ0) is 13.6. The summed E-state index contributed by atoms with van der Waals surface area (Å²) in [6.45, 7) is 8.15. The summed E-state index contributed by atoms with van der Waals surface area (Å²) >= 11 is 9.94. The molecule has 0 aliphatic rings. The Morgan fingerprint density at radius 1 is 1.32 bits per heavy atom. The van der Waals surface area contributed by atoms with Gasteiger partial charge < -0.3 is 19.7 Å². The Bertz CT molecular complexity index is 463. The van der Waals surface area contributed by atoms with Crippen LogP contribution in [-0.4, -0.2) is 66.0 Å². The van der Waals surface area contributed by atoms with E-state index in [1.807, 2.05) is 6.92 Å². The number of hydrogen-bond donors (Lipinski definition) is 3. The van der Waals surface area contributed by atoms with Crippen molar-refractivity contribution in [3.63, 3.8) is 0 Å². The Morgan fingerprint density at radius 3 is 2.58 bits per heavy atom. The summed E-state index contributed by atoms with van der Waals surface area (Å²) in [7, 11) is -1.48. The summed E-state index contributed by atoms with van der Waals surface area (Å²) < 4.78 is 6.65. The average molecular weight is 328 g/mol. The van der Waals surface area contributed by atoms with Gasteiger partial charge in [0, 0.05) is 42.7 Å². The van der Waals surface area contributed by atoms with Crippen LogP contribution in [0.2, 0.25) is 19.1 Å². The van der Waals surface area contributed by atoms with E-state index in [1.165, 1.54) is 0 Å². The Morgan fingerprint density at radius 2 is 2.00 bits per heavy atom. The largest absolute Gasteiger partial charge is 0.418 e. The number of hydrogen-bond acceptors (Lipinski definition) is 5. The number of nitrogens with one attached hydrogen (secondary N) is 3. The summed E-state index contributed by atoms with van der Waals surface area (Å²) in [6.07, 6.45) is 1.05. The van der Waals surface area contributed by atoms with Crippen LogP contribution in [-0.2, 0) is 4.43 Å². The number of rotatable bonds is 7. The molecule has 0 aliphatic heterocycles. The summed E-state index contributed by atoms with van der Waals surface area (Å²) in [5, 5.41) is 3.19. The van der Waals surface area contributed by atoms with Gasteiger partial charge in [0.05, 0.1) is 0 Å². The average Bonchev–Trinajstić information content (AvgIpc) is 2.23. The Labute approximate surface area is 147 Å². The molecule has 1 aromatic heterocycles. The summed E-state index contributed by atoms with van der Waals surface area (Å²) in [6, 6.07) is 1.12. The molecule has 1 rings (SSSR count). The monoisotopic (exact) mass is 327 g/mol. The molecule has 0 amide bonds. The van der Waals surface area contributed by atoms with Gasteiger partial charge >= 0.3 is 0 Å². The third-order valence-electron chi connectivity index (χ3n) is 2.45. The maximum atomic E-state index is 5.77. The summed E-state index contributed by atoms with van der Waals surface area (Å²) in [5.74, 6) is 0.625. The van der Waals surface area contributed by atoms with E-state index in [4.69, 9.17) is 28.9 Å². The summed E-state index contributed by atoms with van der Waals surface area (Å²) in [4.78, 5) is 9.78. The predicted molar refractivity (Wildman–Crippen MR) is 87.4 cm³/mol. The third kappa shape index (κ3) is 8.33. The van der Waals surface area contributed by atoms with Crippen molar-refractivity contribution in [1.29, 1.82) is 0 Å². The van der Waals surface area contributed by atoms with Crippen LogP contribution in [0, 0.1) is 9.54 Å². The van der Waals surface area contributed by atoms with Crippen molar-refractivity contribution in [2.45, 2.75) is 32.5 Å². The second-order valence-corrected chi connectivity index (χ2v) is 9.67. The smallest absolute Gasteiger partial charge is 0.205 e. The standard InChI is InChI=1S/C10H20N4OS2Si.Na/c1-4-15-18(2,3)7-5-6-11-8-12-9(16)14-10(17)13-8;/h4-7H2,1-3H3,(H3,11,12,13,14,16,17);. The fourth-order valence-corrected chi connectivity index (χ4v) is 4.07. The number of aromatic amines is 2. The van der Waals surface area contributed by atoms with Crippen molar-refractivity contribution >= 4 is 68.3 Å². The first kappa shape index (κ1) is 19.4. The SMILES string of the molecule is CCO[Si](C)(C)CCCNc1nc(=S)[nH]c(=S)[nH]1.[Na]. The predicted octanol–water partition coefficient (Wildman–Crippen LogP) is 2.86. The minimum Gasteiger partial charge on any atom is -0.418 e. The van der Waals surface area contributed by atoms with E-state index in [0.29, 0.717) is 15.5 Å². The molecule has 103 valence electrons. The van der Waals surface area contributed by atoms with Crippen LogP contribution in [0.25, 0.3) is 0 Å². The van der Waals surface area contributed by atoms with Crippen LogP contribution in [0.15, 0.2) is 0 Å². The molecule has 0 fully saturated rings. The second-order valence-electron chi connectivity index (χ2n) is 4.57. The zero-order valence-electron chi connectivity index (χ0n) is 12.0. The maximum absolute atomic E-state index is 5.77. The first-order valence-electron chi connectivity index (χ1n) is 6.01. The van der Waals surface area contributed by atoms with Crippen LogP contribution < -0.4 is 5.32 Å². The van der Waals surface area contributed by atoms with E-state index < -0.39 is 8.32 Å². The van der Waals surface area contributed by atoms with E-state index in [0.717, 1.165) is 25.6 Å². The van der Waals surface area contributed by atoms with Crippen molar-refractivity contribution in [3.8, 4) is 0 Å². The minimum absolute atomic E-state index is 0. The molecule has 0 aromatic carbocycles. The first-order chi connectivity index (χ1) is 8.43. The van der Waals surface area contributed by atoms with Gasteiger partial charge in [-0.05, 0) is 56.9 Å². The molecule has 19 heavy (non-hydrogen) atoms. The van der Waals surface area contributed by atoms with E-state index in [-0.39, 0.29) is 29.6 Å². The molecule has 0 spiro atoms. The van der Waals surface area contributed by atoms with Crippen LogP contribution in [0.3, 0.4) is 0 Å². The molecule has 1 aromatic rings. The molecule has 0 saturated heterocycles. The van der Waals surface area contributed by atoms with E-state index >= 15 is 0 Å². The van der Waals surface area contributed by atoms with Gasteiger partial charge in [-0.15, -0.1) is 0 Å². The Hall–Kier alpha value is 0.427. The van der Waals surface area contributed by atoms with Gasteiger partial charge in [0.15, 0.2) is 13.1 Å². The number of nitrogens with zero attached hydrogens (tertiary/aromatic N) is 1. The molecule has 0 aliphatic carbocycles. The Balaban J connectivity index is 0.00000324. The molecular formula is C10H20N4NaOS2Si. The maximum Gasteiger partial charge on any atom is 0.205 e. The van der Waals surface area contributed by atoms with Gasteiger partial charge in [-0.2, -0.15) is 4.98 Å². The topological polar surface area (TPSA) is 65.7 Å². The van der Waals surface area contributed by atoms with Crippen molar-refractivity contribution in [1.82, 2.24) is 15.0 Å². The molecule has 0 saturated carbocycles. The zero-order valence-corrected chi connectivity index (χ0v) is 16.6. The van der Waals surface area contributed by atoms with Crippen LogP contribution in [0.4, 0.5) is 5.95 Å². The second kappa shape index (κ2) is 9.38. The molecule has 1 heterocycles. The van der Waals surface area contributed by atoms with E-state index in [2.05, 4.69) is 33.4 Å². The van der Waals surface area contributed by atoms with Crippen LogP contribution in [0.1, 0.15) is 13.3 Å². The molecule has 0 bridgehead atoms. The normalized spacial score (nSPS) is 10.9. The van der Waals surface area contributed by atoms with Gasteiger partial charge in [-0.3, -0.25) is 0 Å². The van der Waals surface area contributed by atoms with Crippen LogP contribution in [0.5, 0.6) is 0 Å². The Kier molecular flexibility index (Phi) is 9.59. The quantitative estimate of drug-likeness (QED) is 0.408. The molecule has 0 unspecified atom stereocenters. The molecule has 5 nitrogen and oxygen atoms in total. The number of aromatic nitrogens is 3. The number of H-pyrrole nitrogens is 2. The van der Waals surface area contributed by atoms with Crippen molar-refractivity contribution in [2.24, 2.45) is 0 Å². The van der Waals surface area contributed by atoms with Crippen molar-refractivity contribution < 1.29 is 4.43 Å². The molecule has 0 atom stereocenters. The number of anilines is 1. The minimum atomic E-state index is -1.48. The molecular weight excluding hydrogens is 307 g/mol. The van der Waals surface area contributed by atoms with E-state index in [9.17, 15) is 0 Å². The van der Waals surface area contributed by atoms with Gasteiger partial charge in [0.1, 0.15) is 0 Å². The summed E-state index contributed by atoms with van der Waals surface area (Å²) in [5.41, 5.74) is 0. The first-order valence-corrected chi connectivity index (χ1v) is 9.94. The van der Waals surface area contributed by atoms with E-state index in [1.54, 1.807) is 0 Å². The molecule has 3 N–H and O–H groups in total. The fraction of sp³-hybridized carbons (Fsp3) is 0.700. The van der Waals surface area contributed by atoms with Crippen molar-refractivity contribution in [2.75, 3.05) is 18.5 Å². The van der Waals surface area contributed by atoms with Gasteiger partial charge in [0.2, 0.25) is 10.7 Å².